The molecule has 0 saturated heterocycles. The minimum Gasteiger partial charge on any atom is -0.313 e. The van der Waals surface area contributed by atoms with Crippen molar-refractivity contribution in [2.45, 2.75) is 19.4 Å². The largest absolute Gasteiger partial charge is 0.313 e. The van der Waals surface area contributed by atoms with Gasteiger partial charge in [-0.05, 0) is 37.2 Å². The van der Waals surface area contributed by atoms with Gasteiger partial charge in [0.15, 0.2) is 0 Å². The number of pyridine rings is 1. The predicted octanol–water partition coefficient (Wildman–Crippen LogP) is 2.91. The van der Waals surface area contributed by atoms with E-state index in [9.17, 15) is 0 Å². The topological polar surface area (TPSA) is 24.9 Å². The molecule has 0 aliphatic carbocycles. The van der Waals surface area contributed by atoms with Crippen molar-refractivity contribution < 1.29 is 0 Å². The molecule has 0 fully saturated rings. The van der Waals surface area contributed by atoms with Gasteiger partial charge >= 0.3 is 0 Å². The van der Waals surface area contributed by atoms with E-state index in [1.54, 1.807) is 0 Å². The molecular weight excluding hydrogens is 184 g/mol. The van der Waals surface area contributed by atoms with Gasteiger partial charge in [0.05, 0.1) is 5.52 Å². The zero-order valence-electron chi connectivity index (χ0n) is 9.20. The van der Waals surface area contributed by atoms with Crippen LogP contribution in [0.2, 0.25) is 0 Å². The average molecular weight is 200 g/mol. The Bertz CT molecular complexity index is 447. The Labute approximate surface area is 90.3 Å². The minimum absolute atomic E-state index is 0.439. The second-order valence-electron chi connectivity index (χ2n) is 3.71. The van der Waals surface area contributed by atoms with Crippen LogP contribution in [0.5, 0.6) is 0 Å². The molecule has 78 valence electrons. The Balaban J connectivity index is 2.46. The number of nitrogens with one attached hydrogen (secondary N) is 1. The van der Waals surface area contributed by atoms with Crippen LogP contribution in [0.4, 0.5) is 0 Å². The van der Waals surface area contributed by atoms with E-state index in [0.717, 1.165) is 11.9 Å². The summed E-state index contributed by atoms with van der Waals surface area (Å²) >= 11 is 0. The van der Waals surface area contributed by atoms with E-state index in [4.69, 9.17) is 0 Å². The lowest BCUT2D eigenvalue weighted by Crippen LogP contribution is -2.14. The van der Waals surface area contributed by atoms with Crippen molar-refractivity contribution in [1.82, 2.24) is 10.3 Å². The van der Waals surface area contributed by atoms with Crippen LogP contribution in [-0.4, -0.2) is 12.0 Å². The van der Waals surface area contributed by atoms with Crippen LogP contribution >= 0.6 is 0 Å². The van der Waals surface area contributed by atoms with E-state index in [1.807, 2.05) is 19.3 Å². The van der Waals surface area contributed by atoms with Crippen LogP contribution in [0.1, 0.15) is 24.9 Å². The van der Waals surface area contributed by atoms with Crippen molar-refractivity contribution >= 4 is 10.9 Å². The lowest BCUT2D eigenvalue weighted by molar-refractivity contribution is 0.577. The van der Waals surface area contributed by atoms with Crippen molar-refractivity contribution in [2.24, 2.45) is 0 Å². The molecule has 1 N–H and O–H groups in total. The summed E-state index contributed by atoms with van der Waals surface area (Å²) in [6.45, 7) is 2.19. The molecule has 1 atom stereocenters. The highest BCUT2D eigenvalue weighted by Gasteiger charge is 2.06. The Morgan fingerprint density at radius 3 is 2.93 bits per heavy atom. The lowest BCUT2D eigenvalue weighted by Gasteiger charge is -2.14. The SMILES string of the molecule is CCC(NC)c1ccc2ncccc2c1. The van der Waals surface area contributed by atoms with Gasteiger partial charge in [0.25, 0.3) is 0 Å². The van der Waals surface area contributed by atoms with Crippen LogP contribution in [0, 0.1) is 0 Å². The number of rotatable bonds is 3. The molecule has 0 radical (unpaired) electrons. The van der Waals surface area contributed by atoms with Gasteiger partial charge in [-0.15, -0.1) is 0 Å². The van der Waals surface area contributed by atoms with Gasteiger partial charge in [-0.2, -0.15) is 0 Å². The van der Waals surface area contributed by atoms with E-state index in [2.05, 4.69) is 41.5 Å². The molecule has 2 heteroatoms. The third-order valence-corrected chi connectivity index (χ3v) is 2.79. The van der Waals surface area contributed by atoms with Crippen LogP contribution in [0.25, 0.3) is 10.9 Å². The van der Waals surface area contributed by atoms with Gasteiger partial charge in [-0.25, -0.2) is 0 Å². The Kier molecular flexibility index (Phi) is 2.97. The zero-order chi connectivity index (χ0) is 10.7. The minimum atomic E-state index is 0.439. The Morgan fingerprint density at radius 1 is 1.33 bits per heavy atom. The Hall–Kier alpha value is -1.41. The van der Waals surface area contributed by atoms with Crippen molar-refractivity contribution in [2.75, 3.05) is 7.05 Å². The lowest BCUT2D eigenvalue weighted by atomic mass is 10.0. The monoisotopic (exact) mass is 200 g/mol. The van der Waals surface area contributed by atoms with Crippen molar-refractivity contribution in [3.8, 4) is 0 Å². The first kappa shape index (κ1) is 10.1. The van der Waals surface area contributed by atoms with Crippen molar-refractivity contribution in [1.29, 1.82) is 0 Å². The molecule has 1 unspecified atom stereocenters. The molecule has 15 heavy (non-hydrogen) atoms. The molecule has 1 aromatic carbocycles. The average Bonchev–Trinajstić information content (AvgIpc) is 2.30. The summed E-state index contributed by atoms with van der Waals surface area (Å²) in [7, 11) is 2.00. The first-order chi connectivity index (χ1) is 7.35. The smallest absolute Gasteiger partial charge is 0.0702 e. The van der Waals surface area contributed by atoms with Crippen molar-refractivity contribution in [3.63, 3.8) is 0 Å². The third kappa shape index (κ3) is 2.00. The first-order valence-corrected chi connectivity index (χ1v) is 5.37. The Morgan fingerprint density at radius 2 is 2.20 bits per heavy atom. The standard InChI is InChI=1S/C13H16N2/c1-3-12(14-2)11-6-7-13-10(9-11)5-4-8-15-13/h4-9,12,14H,3H2,1-2H3. The summed E-state index contributed by atoms with van der Waals surface area (Å²) in [6.07, 6.45) is 2.93. The molecule has 0 aliphatic rings. The molecule has 1 aromatic heterocycles. The van der Waals surface area contributed by atoms with Crippen LogP contribution in [0.15, 0.2) is 36.5 Å². The molecule has 0 saturated carbocycles. The number of fused-ring (bicyclic) bond motifs is 1. The summed E-state index contributed by atoms with van der Waals surface area (Å²) in [5.74, 6) is 0. The van der Waals surface area contributed by atoms with Gasteiger partial charge in [-0.3, -0.25) is 4.98 Å². The fourth-order valence-corrected chi connectivity index (χ4v) is 1.92. The predicted molar refractivity (Wildman–Crippen MR) is 63.8 cm³/mol. The number of benzene rings is 1. The summed E-state index contributed by atoms with van der Waals surface area (Å²) < 4.78 is 0. The van der Waals surface area contributed by atoms with E-state index >= 15 is 0 Å². The summed E-state index contributed by atoms with van der Waals surface area (Å²) in [5.41, 5.74) is 2.40. The highest BCUT2D eigenvalue weighted by molar-refractivity contribution is 5.79. The maximum absolute atomic E-state index is 4.31. The maximum Gasteiger partial charge on any atom is 0.0702 e. The van der Waals surface area contributed by atoms with Crippen LogP contribution < -0.4 is 5.32 Å². The molecule has 0 aliphatic heterocycles. The molecule has 2 aromatic rings. The summed E-state index contributed by atoms with van der Waals surface area (Å²) in [5, 5.41) is 4.52. The molecular formula is C13H16N2. The van der Waals surface area contributed by atoms with Gasteiger partial charge in [0.2, 0.25) is 0 Å². The maximum atomic E-state index is 4.31. The number of aromatic nitrogens is 1. The molecule has 0 bridgehead atoms. The number of hydrogen-bond donors (Lipinski definition) is 1. The van der Waals surface area contributed by atoms with E-state index < -0.39 is 0 Å². The van der Waals surface area contributed by atoms with Crippen molar-refractivity contribution in [3.05, 3.63) is 42.1 Å². The van der Waals surface area contributed by atoms with Gasteiger partial charge in [-0.1, -0.05) is 19.1 Å². The molecule has 0 spiro atoms. The second kappa shape index (κ2) is 4.41. The number of nitrogens with zero attached hydrogens (tertiary/aromatic N) is 1. The second-order valence-corrected chi connectivity index (χ2v) is 3.71. The highest BCUT2D eigenvalue weighted by Crippen LogP contribution is 2.20. The zero-order valence-corrected chi connectivity index (χ0v) is 9.20. The quantitative estimate of drug-likeness (QED) is 0.824. The summed E-state index contributed by atoms with van der Waals surface area (Å²) in [4.78, 5) is 4.31. The fraction of sp³-hybridized carbons (Fsp3) is 0.308. The number of hydrogen-bond acceptors (Lipinski definition) is 2. The summed E-state index contributed by atoms with van der Waals surface area (Å²) in [6, 6.07) is 11.0. The normalized spacial score (nSPS) is 12.9. The van der Waals surface area contributed by atoms with E-state index in [1.165, 1.54) is 10.9 Å². The highest BCUT2D eigenvalue weighted by atomic mass is 14.9. The van der Waals surface area contributed by atoms with Gasteiger partial charge in [0, 0.05) is 17.6 Å². The fourth-order valence-electron chi connectivity index (χ4n) is 1.92. The molecule has 0 amide bonds. The van der Waals surface area contributed by atoms with Crippen LogP contribution in [-0.2, 0) is 0 Å². The molecule has 2 rings (SSSR count). The van der Waals surface area contributed by atoms with Gasteiger partial charge < -0.3 is 5.32 Å². The van der Waals surface area contributed by atoms with E-state index in [0.29, 0.717) is 6.04 Å². The van der Waals surface area contributed by atoms with Gasteiger partial charge in [0.1, 0.15) is 0 Å². The van der Waals surface area contributed by atoms with E-state index in [-0.39, 0.29) is 0 Å². The third-order valence-electron chi connectivity index (χ3n) is 2.79. The first-order valence-electron chi connectivity index (χ1n) is 5.37. The van der Waals surface area contributed by atoms with Crippen LogP contribution in [0.3, 0.4) is 0 Å². The molecule has 2 nitrogen and oxygen atoms in total. The molecule has 1 heterocycles.